The van der Waals surface area contributed by atoms with Crippen LogP contribution in [0.3, 0.4) is 0 Å². The Kier molecular flexibility index (Phi) is 7.48. The standard InChI is InChI=1S/C31H28N2O6/c1-3-21-19-33(30(36)32-29(21)35)28-18-26(34)27(39-28)20-38-31(22-10-6-4-7-11-22,23-12-8-5-9-13-23)24-14-16-25(37-2)17-15-24/h1,4-17,19,26-28,34H,18,20H2,2H3,(H,32,35,36)/t26?,27-,28-/m0/s1. The van der Waals surface area contributed by atoms with Crippen LogP contribution in [0.1, 0.15) is 34.9 Å². The number of nitrogens with zero attached hydrogens (tertiary/aromatic N) is 1. The summed E-state index contributed by atoms with van der Waals surface area (Å²) in [7, 11) is 1.61. The van der Waals surface area contributed by atoms with Crippen LogP contribution in [0.2, 0.25) is 0 Å². The molecule has 2 heterocycles. The Bertz CT molecular complexity index is 1530. The fourth-order valence-corrected chi connectivity index (χ4v) is 4.97. The average Bonchev–Trinajstić information content (AvgIpc) is 3.34. The predicted octanol–water partition coefficient (Wildman–Crippen LogP) is 3.18. The van der Waals surface area contributed by atoms with E-state index in [1.54, 1.807) is 7.11 Å². The molecular weight excluding hydrogens is 496 g/mol. The number of rotatable bonds is 8. The number of methoxy groups -OCH3 is 1. The van der Waals surface area contributed by atoms with Gasteiger partial charge in [0.25, 0.3) is 5.56 Å². The van der Waals surface area contributed by atoms with Gasteiger partial charge in [-0.05, 0) is 28.8 Å². The fraction of sp³-hybridized carbons (Fsp3) is 0.226. The van der Waals surface area contributed by atoms with Gasteiger partial charge in [-0.1, -0.05) is 78.7 Å². The summed E-state index contributed by atoms with van der Waals surface area (Å²) in [5.41, 5.74) is 0.286. The maximum absolute atomic E-state index is 12.5. The number of hydrogen-bond acceptors (Lipinski definition) is 6. The third kappa shape index (κ3) is 5.03. The minimum Gasteiger partial charge on any atom is -0.497 e. The zero-order valence-corrected chi connectivity index (χ0v) is 21.3. The van der Waals surface area contributed by atoms with Crippen LogP contribution >= 0.6 is 0 Å². The molecule has 2 N–H and O–H groups in total. The van der Waals surface area contributed by atoms with Crippen molar-refractivity contribution >= 4 is 0 Å². The second-order valence-electron chi connectivity index (χ2n) is 9.24. The Labute approximate surface area is 225 Å². The Hall–Kier alpha value is -4.42. The van der Waals surface area contributed by atoms with E-state index in [9.17, 15) is 14.7 Å². The van der Waals surface area contributed by atoms with Crippen LogP contribution in [0.25, 0.3) is 0 Å². The normalized spacial score (nSPS) is 18.9. The maximum Gasteiger partial charge on any atom is 0.330 e. The lowest BCUT2D eigenvalue weighted by molar-refractivity contribution is -0.0944. The molecule has 1 aromatic heterocycles. The molecule has 1 aliphatic rings. The summed E-state index contributed by atoms with van der Waals surface area (Å²) in [6.45, 7) is 0.00752. The van der Waals surface area contributed by atoms with E-state index in [2.05, 4.69) is 10.9 Å². The summed E-state index contributed by atoms with van der Waals surface area (Å²) in [5.74, 6) is 2.97. The second kappa shape index (κ2) is 11.1. The van der Waals surface area contributed by atoms with E-state index in [-0.39, 0.29) is 18.6 Å². The number of aromatic nitrogens is 2. The van der Waals surface area contributed by atoms with Gasteiger partial charge in [0.05, 0.1) is 19.8 Å². The molecule has 8 heteroatoms. The van der Waals surface area contributed by atoms with Crippen molar-refractivity contribution in [3.05, 3.63) is 134 Å². The Morgan fingerprint density at radius 1 is 1.00 bits per heavy atom. The minimum atomic E-state index is -1.04. The molecule has 3 aromatic carbocycles. The van der Waals surface area contributed by atoms with Gasteiger partial charge < -0.3 is 19.3 Å². The monoisotopic (exact) mass is 524 g/mol. The molecule has 1 unspecified atom stereocenters. The van der Waals surface area contributed by atoms with Crippen molar-refractivity contribution in [1.82, 2.24) is 9.55 Å². The van der Waals surface area contributed by atoms with E-state index in [0.29, 0.717) is 5.75 Å². The van der Waals surface area contributed by atoms with E-state index in [1.807, 2.05) is 84.9 Å². The Morgan fingerprint density at radius 2 is 1.59 bits per heavy atom. The number of benzene rings is 3. The first-order chi connectivity index (χ1) is 19.0. The number of aliphatic hydroxyl groups is 1. The van der Waals surface area contributed by atoms with Gasteiger partial charge in [-0.3, -0.25) is 14.3 Å². The molecule has 3 atom stereocenters. The molecule has 39 heavy (non-hydrogen) atoms. The number of aromatic amines is 1. The zero-order chi connectivity index (χ0) is 27.4. The molecule has 0 bridgehead atoms. The lowest BCUT2D eigenvalue weighted by Crippen LogP contribution is -2.38. The van der Waals surface area contributed by atoms with E-state index >= 15 is 0 Å². The molecule has 1 aliphatic heterocycles. The summed E-state index contributed by atoms with van der Waals surface area (Å²) >= 11 is 0. The van der Waals surface area contributed by atoms with Gasteiger partial charge in [-0.25, -0.2) is 4.79 Å². The highest BCUT2D eigenvalue weighted by atomic mass is 16.6. The van der Waals surface area contributed by atoms with Crippen LogP contribution in [0.15, 0.2) is 101 Å². The van der Waals surface area contributed by atoms with Crippen LogP contribution in [0, 0.1) is 12.3 Å². The Balaban J connectivity index is 1.52. The van der Waals surface area contributed by atoms with Gasteiger partial charge in [0.2, 0.25) is 0 Å². The first-order valence-corrected chi connectivity index (χ1v) is 12.5. The maximum atomic E-state index is 12.5. The van der Waals surface area contributed by atoms with Crippen LogP contribution in [0.4, 0.5) is 0 Å². The highest BCUT2D eigenvalue weighted by molar-refractivity contribution is 5.48. The third-order valence-electron chi connectivity index (χ3n) is 6.96. The summed E-state index contributed by atoms with van der Waals surface area (Å²) in [6, 6.07) is 27.3. The lowest BCUT2D eigenvalue weighted by atomic mass is 9.80. The molecular formula is C31H28N2O6. The van der Waals surface area contributed by atoms with Crippen LogP contribution in [-0.2, 0) is 15.1 Å². The van der Waals surface area contributed by atoms with Crippen molar-refractivity contribution in [1.29, 1.82) is 0 Å². The molecule has 0 amide bonds. The third-order valence-corrected chi connectivity index (χ3v) is 6.96. The van der Waals surface area contributed by atoms with Gasteiger partial charge in [0.15, 0.2) is 0 Å². The fourth-order valence-electron chi connectivity index (χ4n) is 4.97. The number of ether oxygens (including phenoxy) is 3. The van der Waals surface area contributed by atoms with Crippen LogP contribution in [0.5, 0.6) is 5.75 Å². The van der Waals surface area contributed by atoms with Gasteiger partial charge >= 0.3 is 5.69 Å². The SMILES string of the molecule is C#Cc1cn([C@@H]2CC(O)[C@H](COC(c3ccccc3)(c3ccccc3)c3ccc(OC)cc3)O2)c(=O)[nH]c1=O. The van der Waals surface area contributed by atoms with Crippen LogP contribution < -0.4 is 16.0 Å². The second-order valence-corrected chi connectivity index (χ2v) is 9.24. The molecule has 1 saturated heterocycles. The summed E-state index contributed by atoms with van der Waals surface area (Å²) < 4.78 is 19.5. The van der Waals surface area contributed by atoms with E-state index < -0.39 is 35.3 Å². The Morgan fingerprint density at radius 3 is 2.15 bits per heavy atom. The zero-order valence-electron chi connectivity index (χ0n) is 21.3. The molecule has 4 aromatic rings. The number of H-pyrrole nitrogens is 1. The van der Waals surface area contributed by atoms with Gasteiger partial charge in [-0.15, -0.1) is 6.42 Å². The number of terminal acetylenes is 1. The predicted molar refractivity (Wildman–Crippen MR) is 146 cm³/mol. The quantitative estimate of drug-likeness (QED) is 0.271. The largest absolute Gasteiger partial charge is 0.497 e. The highest BCUT2D eigenvalue weighted by Crippen LogP contribution is 2.42. The van der Waals surface area contributed by atoms with Crippen molar-refractivity contribution in [2.45, 2.75) is 30.5 Å². The molecule has 5 rings (SSSR count). The van der Waals surface area contributed by atoms with E-state index in [4.69, 9.17) is 20.6 Å². The first-order valence-electron chi connectivity index (χ1n) is 12.5. The van der Waals surface area contributed by atoms with Crippen molar-refractivity contribution in [3.8, 4) is 18.1 Å². The van der Waals surface area contributed by atoms with Crippen molar-refractivity contribution < 1.29 is 19.3 Å². The van der Waals surface area contributed by atoms with E-state index in [0.717, 1.165) is 16.7 Å². The molecule has 0 radical (unpaired) electrons. The van der Waals surface area contributed by atoms with Crippen molar-refractivity contribution in [2.75, 3.05) is 13.7 Å². The summed E-state index contributed by atoms with van der Waals surface area (Å²) in [4.78, 5) is 26.6. The smallest absolute Gasteiger partial charge is 0.330 e. The van der Waals surface area contributed by atoms with Gasteiger partial charge in [0, 0.05) is 12.6 Å². The highest BCUT2D eigenvalue weighted by Gasteiger charge is 2.42. The van der Waals surface area contributed by atoms with Gasteiger partial charge in [0.1, 0.15) is 29.2 Å². The first kappa shape index (κ1) is 26.2. The molecule has 1 fully saturated rings. The molecule has 0 aliphatic carbocycles. The lowest BCUT2D eigenvalue weighted by Gasteiger charge is -2.37. The number of hydrogen-bond donors (Lipinski definition) is 2. The minimum absolute atomic E-state index is 0.000863. The number of aliphatic hydroxyl groups excluding tert-OH is 1. The molecule has 0 saturated carbocycles. The molecule has 198 valence electrons. The summed E-state index contributed by atoms with van der Waals surface area (Å²) in [5, 5.41) is 10.9. The molecule has 8 nitrogen and oxygen atoms in total. The average molecular weight is 525 g/mol. The number of nitrogens with one attached hydrogen (secondary N) is 1. The topological polar surface area (TPSA) is 103 Å². The van der Waals surface area contributed by atoms with Crippen LogP contribution in [-0.4, -0.2) is 40.6 Å². The van der Waals surface area contributed by atoms with Crippen molar-refractivity contribution in [2.24, 2.45) is 0 Å². The van der Waals surface area contributed by atoms with Crippen molar-refractivity contribution in [3.63, 3.8) is 0 Å². The molecule has 0 spiro atoms. The van der Waals surface area contributed by atoms with Gasteiger partial charge in [-0.2, -0.15) is 0 Å². The summed E-state index contributed by atoms with van der Waals surface area (Å²) in [6.07, 6.45) is 4.29. The van der Waals surface area contributed by atoms with E-state index in [1.165, 1.54) is 10.8 Å².